The van der Waals surface area contributed by atoms with Gasteiger partial charge in [0.2, 0.25) is 6.29 Å². The summed E-state index contributed by atoms with van der Waals surface area (Å²) in [6.07, 6.45) is -2.11. The molecule has 1 saturated heterocycles. The number of rotatable bonds is 4. The molecule has 1 fully saturated rings. The largest absolute Gasteiger partial charge is 0.508 e. The first kappa shape index (κ1) is 19.2. The van der Waals surface area contributed by atoms with Gasteiger partial charge in [-0.3, -0.25) is 0 Å². The Balaban J connectivity index is 1.66. The van der Waals surface area contributed by atoms with Crippen molar-refractivity contribution >= 4 is 12.2 Å². The minimum absolute atomic E-state index is 0.0222. The zero-order chi connectivity index (χ0) is 19.6. The van der Waals surface area contributed by atoms with Gasteiger partial charge in [0, 0.05) is 6.07 Å². The first-order chi connectivity index (χ1) is 12.8. The van der Waals surface area contributed by atoms with E-state index in [0.29, 0.717) is 11.3 Å². The molecule has 2 aromatic carbocycles. The molecule has 0 saturated carbocycles. The molecule has 0 aliphatic carbocycles. The Morgan fingerprint density at radius 2 is 1.41 bits per heavy atom. The fourth-order valence-electron chi connectivity index (χ4n) is 2.81. The molecule has 1 heterocycles. The molecule has 1 unspecified atom stereocenters. The maximum atomic E-state index is 9.98. The normalized spacial score (nSPS) is 28.4. The van der Waals surface area contributed by atoms with Gasteiger partial charge in [-0.2, -0.15) is 0 Å². The van der Waals surface area contributed by atoms with Crippen molar-refractivity contribution in [3.8, 4) is 17.2 Å². The number of phenolic OH excluding ortho intramolecular Hbond substituents is 2. The van der Waals surface area contributed by atoms with Crippen LogP contribution in [0.5, 0.6) is 17.2 Å². The molecule has 7 nitrogen and oxygen atoms in total. The summed E-state index contributed by atoms with van der Waals surface area (Å²) >= 11 is 0. The van der Waals surface area contributed by atoms with Gasteiger partial charge < -0.3 is 35.0 Å². The van der Waals surface area contributed by atoms with E-state index in [-0.39, 0.29) is 11.5 Å². The first-order valence-corrected chi connectivity index (χ1v) is 8.51. The van der Waals surface area contributed by atoms with E-state index in [4.69, 9.17) is 9.47 Å². The van der Waals surface area contributed by atoms with Crippen LogP contribution in [-0.4, -0.2) is 56.2 Å². The second kappa shape index (κ2) is 7.98. The molecule has 2 aromatic rings. The van der Waals surface area contributed by atoms with Crippen molar-refractivity contribution in [3.63, 3.8) is 0 Å². The topological polar surface area (TPSA) is 120 Å². The molecular weight excluding hydrogens is 352 g/mol. The monoisotopic (exact) mass is 374 g/mol. The summed E-state index contributed by atoms with van der Waals surface area (Å²) < 4.78 is 11.0. The lowest BCUT2D eigenvalue weighted by atomic mass is 10.00. The fraction of sp³-hybridized carbons (Fsp3) is 0.300. The highest BCUT2D eigenvalue weighted by Crippen LogP contribution is 2.25. The van der Waals surface area contributed by atoms with Crippen LogP contribution in [0.25, 0.3) is 12.2 Å². The number of aromatic hydroxyl groups is 2. The molecule has 144 valence electrons. The number of hydrogen-bond donors (Lipinski definition) is 5. The average molecular weight is 374 g/mol. The van der Waals surface area contributed by atoms with E-state index in [2.05, 4.69) is 0 Å². The lowest BCUT2D eigenvalue weighted by Gasteiger charge is -2.38. The predicted molar refractivity (Wildman–Crippen MR) is 98.1 cm³/mol. The number of benzene rings is 2. The van der Waals surface area contributed by atoms with Crippen molar-refractivity contribution in [2.75, 3.05) is 0 Å². The van der Waals surface area contributed by atoms with Crippen molar-refractivity contribution in [1.29, 1.82) is 0 Å². The molecule has 5 atom stereocenters. The smallest absolute Gasteiger partial charge is 0.229 e. The number of ether oxygens (including phenoxy) is 2. The van der Waals surface area contributed by atoms with Crippen LogP contribution in [0.15, 0.2) is 42.5 Å². The van der Waals surface area contributed by atoms with Crippen molar-refractivity contribution in [3.05, 3.63) is 53.6 Å². The Hall–Kier alpha value is -2.58. The van der Waals surface area contributed by atoms with Gasteiger partial charge in [-0.1, -0.05) is 24.3 Å². The van der Waals surface area contributed by atoms with Gasteiger partial charge >= 0.3 is 0 Å². The SMILES string of the molecule is C[C@@H]1OC(Oc2ccc(/C=C/c3cc(O)cc(O)c3)cc2)[C@H](O)[C@H](O)[C@H]1O. The minimum Gasteiger partial charge on any atom is -0.508 e. The minimum atomic E-state index is -1.37. The van der Waals surface area contributed by atoms with Crippen LogP contribution in [-0.2, 0) is 4.74 Å². The van der Waals surface area contributed by atoms with Crippen LogP contribution in [0.3, 0.4) is 0 Å². The van der Waals surface area contributed by atoms with Gasteiger partial charge in [-0.25, -0.2) is 0 Å². The zero-order valence-electron chi connectivity index (χ0n) is 14.6. The lowest BCUT2D eigenvalue weighted by molar-refractivity contribution is -0.268. The molecule has 0 bridgehead atoms. The third-order valence-corrected chi connectivity index (χ3v) is 4.33. The summed E-state index contributed by atoms with van der Waals surface area (Å²) in [6.45, 7) is 1.59. The predicted octanol–water partition coefficient (Wildman–Crippen LogP) is 1.47. The van der Waals surface area contributed by atoms with Gasteiger partial charge in [0.25, 0.3) is 0 Å². The maximum absolute atomic E-state index is 9.98. The van der Waals surface area contributed by atoms with Crippen LogP contribution < -0.4 is 4.74 Å². The molecule has 0 amide bonds. The first-order valence-electron chi connectivity index (χ1n) is 8.51. The Morgan fingerprint density at radius 1 is 0.815 bits per heavy atom. The summed E-state index contributed by atoms with van der Waals surface area (Å²) in [7, 11) is 0. The lowest BCUT2D eigenvalue weighted by Crippen LogP contribution is -2.58. The van der Waals surface area contributed by atoms with E-state index in [1.807, 2.05) is 0 Å². The molecule has 1 aliphatic heterocycles. The van der Waals surface area contributed by atoms with Gasteiger partial charge in [-0.15, -0.1) is 0 Å². The number of aliphatic hydroxyl groups is 3. The summed E-state index contributed by atoms with van der Waals surface area (Å²) in [5.74, 6) is 0.388. The highest BCUT2D eigenvalue weighted by Gasteiger charge is 2.43. The second-order valence-corrected chi connectivity index (χ2v) is 6.48. The third kappa shape index (κ3) is 4.58. The average Bonchev–Trinajstić information content (AvgIpc) is 2.63. The van der Waals surface area contributed by atoms with Crippen LogP contribution in [0.2, 0.25) is 0 Å². The molecule has 0 spiro atoms. The standard InChI is InChI=1S/C20H22O7/c1-11-17(23)18(24)19(25)20(26-11)27-16-6-4-12(5-7-16)2-3-13-8-14(21)10-15(22)9-13/h2-11,17-25H,1H3/b3-2+/t11-,17-,18+,19+,20?/m0/s1. The van der Waals surface area contributed by atoms with Gasteiger partial charge in [-0.05, 0) is 42.3 Å². The fourth-order valence-corrected chi connectivity index (χ4v) is 2.81. The quantitative estimate of drug-likeness (QED) is 0.514. The summed E-state index contributed by atoms with van der Waals surface area (Å²) in [5, 5.41) is 48.5. The Kier molecular flexibility index (Phi) is 5.67. The third-order valence-electron chi connectivity index (χ3n) is 4.33. The molecule has 27 heavy (non-hydrogen) atoms. The van der Waals surface area contributed by atoms with E-state index in [0.717, 1.165) is 5.56 Å². The van der Waals surface area contributed by atoms with E-state index < -0.39 is 30.7 Å². The van der Waals surface area contributed by atoms with Crippen LogP contribution >= 0.6 is 0 Å². The number of phenols is 2. The highest BCUT2D eigenvalue weighted by atomic mass is 16.7. The van der Waals surface area contributed by atoms with Crippen molar-refractivity contribution in [2.45, 2.75) is 37.6 Å². The van der Waals surface area contributed by atoms with Gasteiger partial charge in [0.05, 0.1) is 6.10 Å². The van der Waals surface area contributed by atoms with E-state index >= 15 is 0 Å². The Bertz CT molecular complexity index is 782. The van der Waals surface area contributed by atoms with Gasteiger partial charge in [0.1, 0.15) is 35.6 Å². The van der Waals surface area contributed by atoms with E-state index in [1.165, 1.54) is 18.2 Å². The molecular formula is C20H22O7. The van der Waals surface area contributed by atoms with Crippen LogP contribution in [0, 0.1) is 0 Å². The van der Waals surface area contributed by atoms with Crippen LogP contribution in [0.4, 0.5) is 0 Å². The Morgan fingerprint density at radius 3 is 2.04 bits per heavy atom. The highest BCUT2D eigenvalue weighted by molar-refractivity contribution is 5.71. The van der Waals surface area contributed by atoms with Gasteiger partial charge in [0.15, 0.2) is 0 Å². The van der Waals surface area contributed by atoms with Crippen LogP contribution in [0.1, 0.15) is 18.1 Å². The van der Waals surface area contributed by atoms with Crippen molar-refractivity contribution in [1.82, 2.24) is 0 Å². The molecule has 5 N–H and O–H groups in total. The molecule has 7 heteroatoms. The number of hydrogen-bond acceptors (Lipinski definition) is 7. The van der Waals surface area contributed by atoms with E-state index in [9.17, 15) is 25.5 Å². The molecule has 1 aliphatic rings. The number of aliphatic hydroxyl groups excluding tert-OH is 3. The Labute approximate surface area is 156 Å². The molecule has 0 aromatic heterocycles. The zero-order valence-corrected chi connectivity index (χ0v) is 14.6. The summed E-state index contributed by atoms with van der Waals surface area (Å²) in [5.41, 5.74) is 1.49. The van der Waals surface area contributed by atoms with Crippen molar-refractivity contribution < 1.29 is 35.0 Å². The molecule has 0 radical (unpaired) electrons. The van der Waals surface area contributed by atoms with E-state index in [1.54, 1.807) is 43.3 Å². The maximum Gasteiger partial charge on any atom is 0.229 e. The van der Waals surface area contributed by atoms with Crippen molar-refractivity contribution in [2.24, 2.45) is 0 Å². The summed E-state index contributed by atoms with van der Waals surface area (Å²) in [4.78, 5) is 0. The second-order valence-electron chi connectivity index (χ2n) is 6.48. The summed E-state index contributed by atoms with van der Waals surface area (Å²) in [6, 6.07) is 11.2. The molecule has 3 rings (SSSR count).